The van der Waals surface area contributed by atoms with Crippen molar-refractivity contribution in [2.45, 2.75) is 13.1 Å². The third kappa shape index (κ3) is 3.09. The standard InChI is InChI=1S/C17H15ClN2O/c18-15-5-3-4-13(8-15)10-20(12-21)11-14-9-19-17-7-2-1-6-16(14)17/h1-9,12,19H,10-11H2. The normalized spacial score (nSPS) is 10.7. The number of hydrogen-bond acceptors (Lipinski definition) is 1. The van der Waals surface area contributed by atoms with Gasteiger partial charge in [0, 0.05) is 35.2 Å². The second-order valence-electron chi connectivity index (χ2n) is 5.00. The summed E-state index contributed by atoms with van der Waals surface area (Å²) in [6, 6.07) is 15.7. The molecule has 2 aromatic carbocycles. The molecule has 3 nitrogen and oxygen atoms in total. The van der Waals surface area contributed by atoms with Gasteiger partial charge in [-0.15, -0.1) is 0 Å². The molecule has 1 N–H and O–H groups in total. The molecule has 0 radical (unpaired) electrons. The van der Waals surface area contributed by atoms with Crippen molar-refractivity contribution in [3.8, 4) is 0 Å². The van der Waals surface area contributed by atoms with Crippen molar-refractivity contribution in [3.05, 3.63) is 70.9 Å². The first-order chi connectivity index (χ1) is 10.3. The van der Waals surface area contributed by atoms with E-state index in [4.69, 9.17) is 11.6 Å². The van der Waals surface area contributed by atoms with Crippen LogP contribution in [0.15, 0.2) is 54.7 Å². The van der Waals surface area contributed by atoms with E-state index in [1.807, 2.05) is 48.7 Å². The number of rotatable bonds is 5. The summed E-state index contributed by atoms with van der Waals surface area (Å²) in [7, 11) is 0. The van der Waals surface area contributed by atoms with E-state index >= 15 is 0 Å². The first kappa shape index (κ1) is 13.7. The van der Waals surface area contributed by atoms with E-state index in [1.54, 1.807) is 4.90 Å². The van der Waals surface area contributed by atoms with Crippen molar-refractivity contribution in [3.63, 3.8) is 0 Å². The molecule has 0 aliphatic rings. The second-order valence-corrected chi connectivity index (χ2v) is 5.44. The van der Waals surface area contributed by atoms with Crippen LogP contribution in [0.4, 0.5) is 0 Å². The Morgan fingerprint density at radius 3 is 2.76 bits per heavy atom. The molecular formula is C17H15ClN2O. The van der Waals surface area contributed by atoms with E-state index in [1.165, 1.54) is 0 Å². The predicted octanol–water partition coefficient (Wildman–Crippen LogP) is 3.98. The van der Waals surface area contributed by atoms with Crippen LogP contribution >= 0.6 is 11.6 Å². The molecule has 1 amide bonds. The van der Waals surface area contributed by atoms with E-state index < -0.39 is 0 Å². The molecule has 0 spiro atoms. The van der Waals surface area contributed by atoms with Crippen LogP contribution in [0.2, 0.25) is 5.02 Å². The van der Waals surface area contributed by atoms with Crippen LogP contribution in [0.3, 0.4) is 0 Å². The highest BCUT2D eigenvalue weighted by Crippen LogP contribution is 2.20. The number of aromatic nitrogens is 1. The van der Waals surface area contributed by atoms with Gasteiger partial charge in [0.1, 0.15) is 0 Å². The molecule has 1 aromatic heterocycles. The number of halogens is 1. The van der Waals surface area contributed by atoms with Crippen molar-refractivity contribution < 1.29 is 4.79 Å². The third-order valence-electron chi connectivity index (χ3n) is 3.47. The summed E-state index contributed by atoms with van der Waals surface area (Å²) < 4.78 is 0. The number of carbonyl (C=O) groups is 1. The fraction of sp³-hybridized carbons (Fsp3) is 0.118. The Labute approximate surface area is 128 Å². The Morgan fingerprint density at radius 2 is 1.95 bits per heavy atom. The molecule has 3 rings (SSSR count). The minimum absolute atomic E-state index is 0.545. The summed E-state index contributed by atoms with van der Waals surface area (Å²) in [5.74, 6) is 0. The van der Waals surface area contributed by atoms with Crippen molar-refractivity contribution in [2.75, 3.05) is 0 Å². The lowest BCUT2D eigenvalue weighted by atomic mass is 10.1. The second kappa shape index (κ2) is 6.02. The lowest BCUT2D eigenvalue weighted by Crippen LogP contribution is -2.20. The maximum Gasteiger partial charge on any atom is 0.210 e. The number of nitrogens with zero attached hydrogens (tertiary/aromatic N) is 1. The van der Waals surface area contributed by atoms with Gasteiger partial charge in [-0.25, -0.2) is 0 Å². The number of benzene rings is 2. The van der Waals surface area contributed by atoms with Gasteiger partial charge >= 0.3 is 0 Å². The number of carbonyl (C=O) groups excluding carboxylic acids is 1. The fourth-order valence-electron chi connectivity index (χ4n) is 2.48. The zero-order valence-electron chi connectivity index (χ0n) is 11.4. The fourth-order valence-corrected chi connectivity index (χ4v) is 2.69. The van der Waals surface area contributed by atoms with E-state index in [-0.39, 0.29) is 0 Å². The number of nitrogens with one attached hydrogen (secondary N) is 1. The SMILES string of the molecule is O=CN(Cc1cccc(Cl)c1)Cc1c[nH]c2ccccc12. The molecule has 0 saturated heterocycles. The van der Waals surface area contributed by atoms with Crippen LogP contribution in [0.25, 0.3) is 10.9 Å². The first-order valence-electron chi connectivity index (χ1n) is 6.75. The minimum Gasteiger partial charge on any atom is -0.361 e. The van der Waals surface area contributed by atoms with Gasteiger partial charge in [0.05, 0.1) is 0 Å². The van der Waals surface area contributed by atoms with E-state index in [0.29, 0.717) is 18.1 Å². The number of aromatic amines is 1. The predicted molar refractivity (Wildman–Crippen MR) is 85.1 cm³/mol. The molecule has 0 aliphatic carbocycles. The molecule has 0 bridgehead atoms. The quantitative estimate of drug-likeness (QED) is 0.711. The molecule has 4 heteroatoms. The summed E-state index contributed by atoms with van der Waals surface area (Å²) in [5.41, 5.74) is 3.22. The average molecular weight is 299 g/mol. The number of fused-ring (bicyclic) bond motifs is 1. The molecule has 3 aromatic rings. The Morgan fingerprint density at radius 1 is 1.10 bits per heavy atom. The van der Waals surface area contributed by atoms with Crippen molar-refractivity contribution >= 4 is 28.9 Å². The van der Waals surface area contributed by atoms with E-state index in [9.17, 15) is 4.79 Å². The van der Waals surface area contributed by atoms with Crippen molar-refractivity contribution in [1.29, 1.82) is 0 Å². The van der Waals surface area contributed by atoms with Gasteiger partial charge in [0.2, 0.25) is 6.41 Å². The smallest absolute Gasteiger partial charge is 0.210 e. The topological polar surface area (TPSA) is 36.1 Å². The van der Waals surface area contributed by atoms with Crippen LogP contribution < -0.4 is 0 Å². The Kier molecular flexibility index (Phi) is 3.93. The average Bonchev–Trinajstić information content (AvgIpc) is 2.90. The highest BCUT2D eigenvalue weighted by atomic mass is 35.5. The monoisotopic (exact) mass is 298 g/mol. The summed E-state index contributed by atoms with van der Waals surface area (Å²) >= 11 is 5.98. The first-order valence-corrected chi connectivity index (χ1v) is 7.13. The molecule has 0 saturated carbocycles. The highest BCUT2D eigenvalue weighted by Gasteiger charge is 2.09. The zero-order chi connectivity index (χ0) is 14.7. The number of amides is 1. The number of para-hydroxylation sites is 1. The molecule has 0 unspecified atom stereocenters. The van der Waals surface area contributed by atoms with Gasteiger partial charge in [-0.1, -0.05) is 41.9 Å². The largest absolute Gasteiger partial charge is 0.361 e. The molecule has 1 heterocycles. The summed E-state index contributed by atoms with van der Waals surface area (Å²) in [6.45, 7) is 1.11. The Bertz CT molecular complexity index is 766. The van der Waals surface area contributed by atoms with E-state index in [0.717, 1.165) is 28.4 Å². The number of H-pyrrole nitrogens is 1. The van der Waals surface area contributed by atoms with Crippen LogP contribution in [0, 0.1) is 0 Å². The van der Waals surface area contributed by atoms with Gasteiger partial charge in [0.15, 0.2) is 0 Å². The maximum atomic E-state index is 11.3. The Hall–Kier alpha value is -2.26. The van der Waals surface area contributed by atoms with Gasteiger partial charge < -0.3 is 9.88 Å². The van der Waals surface area contributed by atoms with Crippen molar-refractivity contribution in [2.24, 2.45) is 0 Å². The summed E-state index contributed by atoms with van der Waals surface area (Å²) in [5, 5.41) is 1.83. The lowest BCUT2D eigenvalue weighted by Gasteiger charge is -2.17. The Balaban J connectivity index is 1.80. The highest BCUT2D eigenvalue weighted by molar-refractivity contribution is 6.30. The van der Waals surface area contributed by atoms with E-state index in [2.05, 4.69) is 11.1 Å². The number of hydrogen-bond donors (Lipinski definition) is 1. The molecule has 21 heavy (non-hydrogen) atoms. The van der Waals surface area contributed by atoms with Crippen LogP contribution in [-0.2, 0) is 17.9 Å². The summed E-state index contributed by atoms with van der Waals surface area (Å²) in [4.78, 5) is 16.3. The molecule has 106 valence electrons. The third-order valence-corrected chi connectivity index (χ3v) is 3.71. The molecule has 0 aliphatic heterocycles. The molecule has 0 fully saturated rings. The zero-order valence-corrected chi connectivity index (χ0v) is 12.2. The molecular weight excluding hydrogens is 284 g/mol. The summed E-state index contributed by atoms with van der Waals surface area (Å²) in [6.07, 6.45) is 2.84. The van der Waals surface area contributed by atoms with Gasteiger partial charge in [-0.05, 0) is 29.3 Å². The van der Waals surface area contributed by atoms with Crippen LogP contribution in [-0.4, -0.2) is 16.3 Å². The van der Waals surface area contributed by atoms with Gasteiger partial charge in [-0.3, -0.25) is 4.79 Å². The molecule has 0 atom stereocenters. The maximum absolute atomic E-state index is 11.3. The van der Waals surface area contributed by atoms with Crippen LogP contribution in [0.1, 0.15) is 11.1 Å². The van der Waals surface area contributed by atoms with Gasteiger partial charge in [-0.2, -0.15) is 0 Å². The minimum atomic E-state index is 0.545. The van der Waals surface area contributed by atoms with Crippen molar-refractivity contribution in [1.82, 2.24) is 9.88 Å². The van der Waals surface area contributed by atoms with Gasteiger partial charge in [0.25, 0.3) is 0 Å². The van der Waals surface area contributed by atoms with Crippen LogP contribution in [0.5, 0.6) is 0 Å². The lowest BCUT2D eigenvalue weighted by molar-refractivity contribution is -0.119.